The third-order valence-electron chi connectivity index (χ3n) is 2.10. The summed E-state index contributed by atoms with van der Waals surface area (Å²) in [7, 11) is 1.33. The molecular formula is C16H20O4. The van der Waals surface area contributed by atoms with Crippen LogP contribution in [-0.2, 0) is 25.7 Å². The predicted octanol–water partition coefficient (Wildman–Crippen LogP) is 3.04. The van der Waals surface area contributed by atoms with Crippen molar-refractivity contribution in [2.45, 2.75) is 20.5 Å². The summed E-state index contributed by atoms with van der Waals surface area (Å²) in [6.45, 7) is 10.4. The van der Waals surface area contributed by atoms with Crippen molar-refractivity contribution in [3.05, 3.63) is 60.2 Å². The van der Waals surface area contributed by atoms with Crippen LogP contribution in [0.25, 0.3) is 0 Å². The summed E-state index contributed by atoms with van der Waals surface area (Å²) >= 11 is 0. The second-order valence-electron chi connectivity index (χ2n) is 4.11. The Kier molecular flexibility index (Phi) is 8.43. The van der Waals surface area contributed by atoms with Crippen LogP contribution in [0.2, 0.25) is 0 Å². The summed E-state index contributed by atoms with van der Waals surface area (Å²) in [6, 6.07) is 9.55. The van der Waals surface area contributed by atoms with Gasteiger partial charge in [-0.05, 0) is 19.4 Å². The van der Waals surface area contributed by atoms with Gasteiger partial charge in [-0.25, -0.2) is 9.59 Å². The normalized spacial score (nSPS) is 8.75. The van der Waals surface area contributed by atoms with Crippen molar-refractivity contribution in [1.82, 2.24) is 0 Å². The van der Waals surface area contributed by atoms with Gasteiger partial charge in [0.05, 0.1) is 7.11 Å². The first-order valence-corrected chi connectivity index (χ1v) is 5.98. The zero-order valence-electron chi connectivity index (χ0n) is 12.1. The molecule has 0 radical (unpaired) electrons. The highest BCUT2D eigenvalue weighted by Gasteiger charge is 2.02. The first-order chi connectivity index (χ1) is 9.38. The molecule has 0 atom stereocenters. The highest BCUT2D eigenvalue weighted by atomic mass is 16.5. The molecule has 4 heteroatoms. The van der Waals surface area contributed by atoms with Crippen molar-refractivity contribution < 1.29 is 19.1 Å². The zero-order valence-corrected chi connectivity index (χ0v) is 12.1. The van der Waals surface area contributed by atoms with Crippen molar-refractivity contribution in [3.63, 3.8) is 0 Å². The third kappa shape index (κ3) is 7.87. The molecule has 1 aromatic rings. The quantitative estimate of drug-likeness (QED) is 0.626. The number of methoxy groups -OCH3 is 1. The van der Waals surface area contributed by atoms with Gasteiger partial charge in [-0.15, -0.1) is 0 Å². The molecule has 0 bridgehead atoms. The summed E-state index contributed by atoms with van der Waals surface area (Å²) in [4.78, 5) is 21.2. The molecular weight excluding hydrogens is 256 g/mol. The van der Waals surface area contributed by atoms with Crippen LogP contribution < -0.4 is 0 Å². The van der Waals surface area contributed by atoms with Gasteiger partial charge in [0.15, 0.2) is 0 Å². The lowest BCUT2D eigenvalue weighted by molar-refractivity contribution is -0.140. The first kappa shape index (κ1) is 17.6. The fourth-order valence-electron chi connectivity index (χ4n) is 1.02. The molecule has 4 nitrogen and oxygen atoms in total. The summed E-state index contributed by atoms with van der Waals surface area (Å²) in [5.41, 5.74) is 1.84. The molecule has 108 valence electrons. The maximum atomic E-state index is 11.0. The number of hydrogen-bond acceptors (Lipinski definition) is 4. The van der Waals surface area contributed by atoms with Crippen LogP contribution in [0.3, 0.4) is 0 Å². The lowest BCUT2D eigenvalue weighted by Crippen LogP contribution is -2.04. The molecule has 0 amide bonds. The SMILES string of the molecule is C=C(C)C(=O)OC.C=C(C)C(=O)OCc1ccccc1. The van der Waals surface area contributed by atoms with Crippen LogP contribution in [0.4, 0.5) is 0 Å². The van der Waals surface area contributed by atoms with Crippen LogP contribution in [0.15, 0.2) is 54.6 Å². The molecule has 0 spiro atoms. The molecule has 1 rings (SSSR count). The monoisotopic (exact) mass is 276 g/mol. The average molecular weight is 276 g/mol. The molecule has 0 aliphatic rings. The smallest absolute Gasteiger partial charge is 0.333 e. The molecule has 0 unspecified atom stereocenters. The van der Waals surface area contributed by atoms with Crippen LogP contribution >= 0.6 is 0 Å². The highest BCUT2D eigenvalue weighted by molar-refractivity contribution is 5.87. The van der Waals surface area contributed by atoms with Gasteiger partial charge in [0.1, 0.15) is 6.61 Å². The Morgan fingerprint density at radius 2 is 1.50 bits per heavy atom. The van der Waals surface area contributed by atoms with Crippen LogP contribution in [-0.4, -0.2) is 19.0 Å². The fourth-order valence-corrected chi connectivity index (χ4v) is 1.02. The minimum atomic E-state index is -0.347. The van der Waals surface area contributed by atoms with Gasteiger partial charge in [-0.2, -0.15) is 0 Å². The number of hydrogen-bond donors (Lipinski definition) is 0. The van der Waals surface area contributed by atoms with Crippen LogP contribution in [0.5, 0.6) is 0 Å². The predicted molar refractivity (Wildman–Crippen MR) is 77.9 cm³/mol. The summed E-state index contributed by atoms with van der Waals surface area (Å²) < 4.78 is 9.22. The molecule has 0 aliphatic carbocycles. The lowest BCUT2D eigenvalue weighted by Gasteiger charge is -2.03. The first-order valence-electron chi connectivity index (χ1n) is 5.98. The molecule has 0 heterocycles. The molecule has 0 N–H and O–H groups in total. The summed E-state index contributed by atoms with van der Waals surface area (Å²) in [5, 5.41) is 0. The van der Waals surface area contributed by atoms with Gasteiger partial charge in [0, 0.05) is 11.1 Å². The molecule has 0 aliphatic heterocycles. The second-order valence-corrected chi connectivity index (χ2v) is 4.11. The van der Waals surface area contributed by atoms with Crippen LogP contribution in [0, 0.1) is 0 Å². The Morgan fingerprint density at radius 1 is 1.00 bits per heavy atom. The number of rotatable bonds is 4. The zero-order chi connectivity index (χ0) is 15.5. The highest BCUT2D eigenvalue weighted by Crippen LogP contribution is 2.02. The molecule has 0 aromatic heterocycles. The largest absolute Gasteiger partial charge is 0.466 e. The summed E-state index contributed by atoms with van der Waals surface area (Å²) in [6.07, 6.45) is 0. The van der Waals surface area contributed by atoms with Gasteiger partial charge >= 0.3 is 11.9 Å². The molecule has 1 aromatic carbocycles. The van der Waals surface area contributed by atoms with Gasteiger partial charge in [-0.1, -0.05) is 43.5 Å². The lowest BCUT2D eigenvalue weighted by atomic mass is 10.2. The Bertz CT molecular complexity index is 475. The molecule has 20 heavy (non-hydrogen) atoms. The Hall–Kier alpha value is -2.36. The van der Waals surface area contributed by atoms with Crippen molar-refractivity contribution in [1.29, 1.82) is 0 Å². The Labute approximate surface area is 119 Å². The van der Waals surface area contributed by atoms with Gasteiger partial charge in [0.25, 0.3) is 0 Å². The molecule has 0 saturated heterocycles. The van der Waals surface area contributed by atoms with E-state index in [4.69, 9.17) is 4.74 Å². The number of esters is 2. The Morgan fingerprint density at radius 3 is 1.85 bits per heavy atom. The fraction of sp³-hybridized carbons (Fsp3) is 0.250. The minimum Gasteiger partial charge on any atom is -0.466 e. The van der Waals surface area contributed by atoms with Gasteiger partial charge in [0.2, 0.25) is 0 Å². The number of carbonyl (C=O) groups is 2. The number of benzene rings is 1. The molecule has 0 saturated carbocycles. The van der Waals surface area contributed by atoms with Crippen molar-refractivity contribution >= 4 is 11.9 Å². The van der Waals surface area contributed by atoms with Gasteiger partial charge < -0.3 is 9.47 Å². The van der Waals surface area contributed by atoms with E-state index in [2.05, 4.69) is 17.9 Å². The van der Waals surface area contributed by atoms with E-state index in [-0.39, 0.29) is 11.9 Å². The maximum absolute atomic E-state index is 11.0. The summed E-state index contributed by atoms with van der Waals surface area (Å²) in [5.74, 6) is -0.691. The Balaban J connectivity index is 0.000000441. The van der Waals surface area contributed by atoms with Crippen molar-refractivity contribution in [3.8, 4) is 0 Å². The topological polar surface area (TPSA) is 52.6 Å². The average Bonchev–Trinajstić information content (AvgIpc) is 2.45. The van der Waals surface area contributed by atoms with E-state index in [1.54, 1.807) is 13.8 Å². The van der Waals surface area contributed by atoms with E-state index in [0.717, 1.165) is 5.56 Å². The van der Waals surface area contributed by atoms with Crippen molar-refractivity contribution in [2.75, 3.05) is 7.11 Å². The van der Waals surface area contributed by atoms with Gasteiger partial charge in [-0.3, -0.25) is 0 Å². The number of carbonyl (C=O) groups excluding carboxylic acids is 2. The van der Waals surface area contributed by atoms with Crippen LogP contribution in [0.1, 0.15) is 19.4 Å². The van der Waals surface area contributed by atoms with E-state index < -0.39 is 0 Å². The second kappa shape index (κ2) is 9.55. The molecule has 0 fully saturated rings. The number of ether oxygens (including phenoxy) is 2. The minimum absolute atomic E-state index is 0.312. The van der Waals surface area contributed by atoms with E-state index >= 15 is 0 Å². The van der Waals surface area contributed by atoms with E-state index in [0.29, 0.717) is 17.8 Å². The van der Waals surface area contributed by atoms with Crippen molar-refractivity contribution in [2.24, 2.45) is 0 Å². The van der Waals surface area contributed by atoms with E-state index in [9.17, 15) is 9.59 Å². The maximum Gasteiger partial charge on any atom is 0.333 e. The standard InChI is InChI=1S/C11H12O2.C5H8O2/c1-9(2)11(12)13-8-10-6-4-3-5-7-10;1-4(2)5(6)7-3/h3-7H,1,8H2,2H3;1H2,2-3H3. The third-order valence-corrected chi connectivity index (χ3v) is 2.10. The van der Waals surface area contributed by atoms with E-state index in [1.165, 1.54) is 7.11 Å². The van der Waals surface area contributed by atoms with E-state index in [1.807, 2.05) is 30.3 Å².